The van der Waals surface area contributed by atoms with Crippen LogP contribution in [0.15, 0.2) is 72.6 Å². The van der Waals surface area contributed by atoms with E-state index in [1.54, 1.807) is 25.1 Å². The van der Waals surface area contributed by atoms with Gasteiger partial charge in [-0.3, -0.25) is 4.98 Å². The average Bonchev–Trinajstić information content (AvgIpc) is 3.35. The van der Waals surface area contributed by atoms with Crippen LogP contribution >= 0.6 is 0 Å². The minimum Gasteiger partial charge on any atom is -0.493 e. The maximum Gasteiger partial charge on any atom is 0.248 e. The molecule has 2 aromatic heterocycles. The van der Waals surface area contributed by atoms with Gasteiger partial charge in [-0.1, -0.05) is 29.4 Å². The van der Waals surface area contributed by atoms with Crippen LogP contribution in [0.5, 0.6) is 17.2 Å². The highest BCUT2D eigenvalue weighted by Gasteiger charge is 2.41. The van der Waals surface area contributed by atoms with Gasteiger partial charge in [-0.15, -0.1) is 0 Å². The number of anilines is 1. The van der Waals surface area contributed by atoms with Crippen molar-refractivity contribution in [3.05, 3.63) is 89.3 Å². The summed E-state index contributed by atoms with van der Waals surface area (Å²) in [7, 11) is 3.24. The third kappa shape index (κ3) is 3.00. The van der Waals surface area contributed by atoms with Gasteiger partial charge >= 0.3 is 0 Å². The number of nitrogens with zero attached hydrogens (tertiary/aromatic N) is 5. The van der Waals surface area contributed by atoms with Crippen LogP contribution in [0.25, 0.3) is 5.70 Å². The fraction of sp³-hybridized carbons (Fsp3) is 0.167. The highest BCUT2D eigenvalue weighted by Crippen LogP contribution is 2.50. The van der Waals surface area contributed by atoms with Gasteiger partial charge in [0.15, 0.2) is 11.5 Å². The van der Waals surface area contributed by atoms with E-state index in [0.717, 1.165) is 33.7 Å². The van der Waals surface area contributed by atoms with E-state index in [-0.39, 0.29) is 6.04 Å². The first-order chi connectivity index (χ1) is 16.3. The fourth-order valence-electron chi connectivity index (χ4n) is 4.49. The first-order valence-corrected chi connectivity index (χ1v) is 10.5. The van der Waals surface area contributed by atoms with Crippen molar-refractivity contribution in [3.63, 3.8) is 0 Å². The number of para-hydroxylation sites is 1. The Morgan fingerprint density at radius 2 is 1.85 bits per heavy atom. The van der Waals surface area contributed by atoms with Gasteiger partial charge in [0.2, 0.25) is 5.95 Å². The van der Waals surface area contributed by atoms with Gasteiger partial charge in [-0.2, -0.15) is 4.68 Å². The fourth-order valence-corrected chi connectivity index (χ4v) is 4.49. The molecule has 0 bridgehead atoms. The number of fused-ring (bicyclic) bond motifs is 3. The van der Waals surface area contributed by atoms with Crippen molar-refractivity contribution in [2.45, 2.75) is 12.1 Å². The number of tetrazole rings is 1. The van der Waals surface area contributed by atoms with E-state index in [2.05, 4.69) is 25.8 Å². The zero-order valence-electron chi connectivity index (χ0n) is 18.0. The van der Waals surface area contributed by atoms with Gasteiger partial charge in [0.05, 0.1) is 19.9 Å². The number of nitrogens with one attached hydrogen (secondary N) is 1. The van der Waals surface area contributed by atoms with E-state index in [4.69, 9.17) is 14.2 Å². The van der Waals surface area contributed by atoms with Crippen molar-refractivity contribution in [2.75, 3.05) is 19.5 Å². The zero-order chi connectivity index (χ0) is 22.4. The van der Waals surface area contributed by atoms with Gasteiger partial charge in [0, 0.05) is 29.1 Å². The Morgan fingerprint density at radius 3 is 2.67 bits per heavy atom. The summed E-state index contributed by atoms with van der Waals surface area (Å²) in [4.78, 5) is 4.34. The molecule has 9 nitrogen and oxygen atoms in total. The first kappa shape index (κ1) is 19.3. The van der Waals surface area contributed by atoms with Crippen molar-refractivity contribution < 1.29 is 14.2 Å². The molecule has 4 aromatic rings. The van der Waals surface area contributed by atoms with Gasteiger partial charge in [0.1, 0.15) is 17.9 Å². The molecule has 164 valence electrons. The Kier molecular flexibility index (Phi) is 4.46. The molecule has 9 heteroatoms. The second-order valence-electron chi connectivity index (χ2n) is 7.70. The third-order valence-corrected chi connectivity index (χ3v) is 5.95. The second kappa shape index (κ2) is 7.63. The van der Waals surface area contributed by atoms with E-state index in [0.29, 0.717) is 17.4 Å². The van der Waals surface area contributed by atoms with Gasteiger partial charge in [0.25, 0.3) is 0 Å². The number of aromatic nitrogens is 5. The lowest BCUT2D eigenvalue weighted by Gasteiger charge is -2.38. The summed E-state index contributed by atoms with van der Waals surface area (Å²) in [5, 5.41) is 15.8. The number of pyridine rings is 1. The lowest BCUT2D eigenvalue weighted by molar-refractivity contribution is 0.222. The number of hydrogen-bond donors (Lipinski definition) is 1. The maximum atomic E-state index is 6.61. The summed E-state index contributed by atoms with van der Waals surface area (Å²) < 4.78 is 19.4. The summed E-state index contributed by atoms with van der Waals surface area (Å²) in [5.74, 6) is 2.61. The first-order valence-electron chi connectivity index (χ1n) is 10.5. The number of rotatable bonds is 4. The Morgan fingerprint density at radius 1 is 0.970 bits per heavy atom. The molecule has 0 aliphatic carbocycles. The highest BCUT2D eigenvalue weighted by molar-refractivity contribution is 5.85. The lowest BCUT2D eigenvalue weighted by Crippen LogP contribution is -2.32. The summed E-state index contributed by atoms with van der Waals surface area (Å²) in [6, 6.07) is 17.4. The van der Waals surface area contributed by atoms with Crippen LogP contribution in [0, 0.1) is 0 Å². The summed E-state index contributed by atoms with van der Waals surface area (Å²) in [6.07, 6.45) is 3.15. The molecule has 2 aliphatic rings. The van der Waals surface area contributed by atoms with Crippen molar-refractivity contribution in [2.24, 2.45) is 0 Å². The molecule has 4 heterocycles. The van der Waals surface area contributed by atoms with Crippen LogP contribution in [0.2, 0.25) is 0 Å². The van der Waals surface area contributed by atoms with Gasteiger partial charge < -0.3 is 19.5 Å². The lowest BCUT2D eigenvalue weighted by atomic mass is 9.85. The van der Waals surface area contributed by atoms with Crippen molar-refractivity contribution in [3.8, 4) is 17.2 Å². The minimum absolute atomic E-state index is 0.314. The van der Waals surface area contributed by atoms with Crippen LogP contribution in [0.3, 0.4) is 0 Å². The molecular weight excluding hydrogens is 420 g/mol. The van der Waals surface area contributed by atoms with Crippen LogP contribution < -0.4 is 19.5 Å². The van der Waals surface area contributed by atoms with E-state index >= 15 is 0 Å². The number of benzene rings is 2. The van der Waals surface area contributed by atoms with Gasteiger partial charge in [-0.05, 0) is 46.3 Å². The van der Waals surface area contributed by atoms with Crippen LogP contribution in [0.4, 0.5) is 5.95 Å². The molecule has 2 aromatic carbocycles. The number of methoxy groups -OCH3 is 2. The predicted octanol–water partition coefficient (Wildman–Crippen LogP) is 3.65. The molecule has 0 saturated heterocycles. The zero-order valence-corrected chi connectivity index (χ0v) is 18.0. The van der Waals surface area contributed by atoms with Crippen LogP contribution in [-0.2, 0) is 0 Å². The Hall–Kier alpha value is -4.40. The standard InChI is InChI=1S/C24H20N6O3/c1-31-18-10-9-14(12-19(18)32-2)23-20-21(16-7-3-4-8-17(16)33-23)26-24-27-28-29-30(24)22(20)15-6-5-11-25-13-15/h3-13,22-23H,1-2H3,(H,26,27,29)/t22-,23-/m0/s1. The Bertz CT molecular complexity index is 1370. The number of ether oxygens (including phenoxy) is 3. The molecular formula is C24H20N6O3. The summed E-state index contributed by atoms with van der Waals surface area (Å²) >= 11 is 0. The highest BCUT2D eigenvalue weighted by atomic mass is 16.5. The molecule has 2 atom stereocenters. The van der Waals surface area contributed by atoms with E-state index in [1.165, 1.54) is 0 Å². The quantitative estimate of drug-likeness (QED) is 0.514. The Balaban J connectivity index is 1.60. The molecule has 0 radical (unpaired) electrons. The number of hydrogen-bond acceptors (Lipinski definition) is 8. The molecule has 0 saturated carbocycles. The monoisotopic (exact) mass is 440 g/mol. The molecule has 0 amide bonds. The second-order valence-corrected chi connectivity index (χ2v) is 7.70. The largest absolute Gasteiger partial charge is 0.493 e. The van der Waals surface area contributed by atoms with E-state index in [1.807, 2.05) is 60.8 Å². The van der Waals surface area contributed by atoms with Crippen molar-refractivity contribution in [1.29, 1.82) is 0 Å². The third-order valence-electron chi connectivity index (χ3n) is 5.95. The average molecular weight is 440 g/mol. The molecule has 33 heavy (non-hydrogen) atoms. The molecule has 0 unspecified atom stereocenters. The maximum absolute atomic E-state index is 6.61. The molecule has 0 fully saturated rings. The predicted molar refractivity (Wildman–Crippen MR) is 120 cm³/mol. The topological polar surface area (TPSA) is 96.2 Å². The summed E-state index contributed by atoms with van der Waals surface area (Å²) in [6.45, 7) is 0. The van der Waals surface area contributed by atoms with Crippen molar-refractivity contribution >= 4 is 11.6 Å². The minimum atomic E-state index is -0.426. The Labute approximate surface area is 189 Å². The van der Waals surface area contributed by atoms with Crippen molar-refractivity contribution in [1.82, 2.24) is 25.2 Å². The van der Waals surface area contributed by atoms with E-state index in [9.17, 15) is 0 Å². The normalized spacial score (nSPS) is 18.4. The molecule has 0 spiro atoms. The molecule has 2 aliphatic heterocycles. The smallest absolute Gasteiger partial charge is 0.248 e. The molecule has 1 N–H and O–H groups in total. The van der Waals surface area contributed by atoms with Crippen LogP contribution in [-0.4, -0.2) is 39.4 Å². The molecule has 6 rings (SSSR count). The SMILES string of the molecule is COc1ccc([C@@H]2Oc3ccccc3C3=C2[C@H](c2cccnc2)n2nnnc2N3)cc1OC. The van der Waals surface area contributed by atoms with E-state index < -0.39 is 6.10 Å². The van der Waals surface area contributed by atoms with Gasteiger partial charge in [-0.25, -0.2) is 0 Å². The summed E-state index contributed by atoms with van der Waals surface area (Å²) in [5.41, 5.74) is 4.73. The van der Waals surface area contributed by atoms with Crippen LogP contribution in [0.1, 0.15) is 28.8 Å².